The standard InChI is InChI=1S/C11H19NO/c1-8-6-10(13)7-11(12-8)9-4-2-3-5-9/h8-9,11-12H,2-7H2,1H3. The van der Waals surface area contributed by atoms with Gasteiger partial charge in [-0.2, -0.15) is 0 Å². The van der Waals surface area contributed by atoms with E-state index in [0.717, 1.165) is 18.8 Å². The number of Topliss-reactive ketones (excluding diaryl/α,β-unsaturated/α-hetero) is 1. The van der Waals surface area contributed by atoms with Crippen molar-refractivity contribution < 1.29 is 4.79 Å². The fourth-order valence-electron chi connectivity index (χ4n) is 2.82. The topological polar surface area (TPSA) is 29.1 Å². The van der Waals surface area contributed by atoms with Crippen molar-refractivity contribution in [1.29, 1.82) is 0 Å². The lowest BCUT2D eigenvalue weighted by Crippen LogP contribution is -2.47. The largest absolute Gasteiger partial charge is 0.310 e. The van der Waals surface area contributed by atoms with E-state index < -0.39 is 0 Å². The van der Waals surface area contributed by atoms with Gasteiger partial charge in [0.25, 0.3) is 0 Å². The van der Waals surface area contributed by atoms with E-state index in [1.54, 1.807) is 0 Å². The minimum Gasteiger partial charge on any atom is -0.310 e. The van der Waals surface area contributed by atoms with Crippen LogP contribution in [0.3, 0.4) is 0 Å². The number of carbonyl (C=O) groups excluding carboxylic acids is 1. The molecule has 2 fully saturated rings. The first-order valence-corrected chi connectivity index (χ1v) is 5.53. The van der Waals surface area contributed by atoms with Crippen molar-refractivity contribution in [3.05, 3.63) is 0 Å². The molecule has 0 aromatic heterocycles. The highest BCUT2D eigenvalue weighted by Crippen LogP contribution is 2.30. The van der Waals surface area contributed by atoms with Crippen molar-refractivity contribution in [3.63, 3.8) is 0 Å². The molecule has 2 rings (SSSR count). The Morgan fingerprint density at radius 2 is 1.92 bits per heavy atom. The second-order valence-corrected chi connectivity index (χ2v) is 4.67. The molecule has 1 aliphatic heterocycles. The Hall–Kier alpha value is -0.370. The fourth-order valence-corrected chi connectivity index (χ4v) is 2.82. The molecule has 0 aromatic rings. The van der Waals surface area contributed by atoms with Gasteiger partial charge in [0, 0.05) is 24.9 Å². The van der Waals surface area contributed by atoms with E-state index in [1.807, 2.05) is 0 Å². The number of hydrogen-bond donors (Lipinski definition) is 1. The highest BCUT2D eigenvalue weighted by atomic mass is 16.1. The summed E-state index contributed by atoms with van der Waals surface area (Å²) in [5.41, 5.74) is 0. The van der Waals surface area contributed by atoms with E-state index in [9.17, 15) is 4.79 Å². The predicted octanol–water partition coefficient (Wildman–Crippen LogP) is 1.89. The zero-order valence-electron chi connectivity index (χ0n) is 8.38. The normalized spacial score (nSPS) is 36.8. The van der Waals surface area contributed by atoms with Crippen LogP contribution < -0.4 is 5.32 Å². The van der Waals surface area contributed by atoms with E-state index in [4.69, 9.17) is 0 Å². The van der Waals surface area contributed by atoms with Gasteiger partial charge in [0.2, 0.25) is 0 Å². The van der Waals surface area contributed by atoms with Crippen LogP contribution >= 0.6 is 0 Å². The third-order valence-electron chi connectivity index (χ3n) is 3.45. The molecule has 2 aliphatic rings. The molecule has 2 heteroatoms. The van der Waals surface area contributed by atoms with Gasteiger partial charge in [0.15, 0.2) is 0 Å². The second-order valence-electron chi connectivity index (χ2n) is 4.67. The van der Waals surface area contributed by atoms with Gasteiger partial charge in [-0.3, -0.25) is 4.79 Å². The van der Waals surface area contributed by atoms with Crippen LogP contribution in [0.4, 0.5) is 0 Å². The summed E-state index contributed by atoms with van der Waals surface area (Å²) in [5, 5.41) is 3.57. The predicted molar refractivity (Wildman–Crippen MR) is 52.6 cm³/mol. The molecule has 0 spiro atoms. The van der Waals surface area contributed by atoms with Crippen LogP contribution in [0.25, 0.3) is 0 Å². The molecule has 2 nitrogen and oxygen atoms in total. The minimum atomic E-state index is 0.409. The van der Waals surface area contributed by atoms with Crippen LogP contribution in [0.15, 0.2) is 0 Å². The Morgan fingerprint density at radius 1 is 1.23 bits per heavy atom. The van der Waals surface area contributed by atoms with E-state index in [-0.39, 0.29) is 0 Å². The summed E-state index contributed by atoms with van der Waals surface area (Å²) < 4.78 is 0. The molecular formula is C11H19NO. The number of nitrogens with one attached hydrogen (secondary N) is 1. The Labute approximate surface area is 80.1 Å². The van der Waals surface area contributed by atoms with Crippen molar-refractivity contribution in [2.24, 2.45) is 5.92 Å². The molecule has 1 heterocycles. The molecule has 1 saturated heterocycles. The SMILES string of the molecule is CC1CC(=O)CC(C2CCCC2)N1. The molecule has 74 valence electrons. The van der Waals surface area contributed by atoms with Gasteiger partial charge in [0.05, 0.1) is 0 Å². The highest BCUT2D eigenvalue weighted by molar-refractivity contribution is 5.80. The Morgan fingerprint density at radius 3 is 2.54 bits per heavy atom. The van der Waals surface area contributed by atoms with Crippen LogP contribution in [-0.2, 0) is 4.79 Å². The molecule has 13 heavy (non-hydrogen) atoms. The summed E-state index contributed by atoms with van der Waals surface area (Å²) in [7, 11) is 0. The van der Waals surface area contributed by atoms with Crippen LogP contribution in [0.5, 0.6) is 0 Å². The van der Waals surface area contributed by atoms with Gasteiger partial charge in [0.1, 0.15) is 5.78 Å². The van der Waals surface area contributed by atoms with Crippen molar-refractivity contribution in [1.82, 2.24) is 5.32 Å². The van der Waals surface area contributed by atoms with Crippen LogP contribution in [-0.4, -0.2) is 17.9 Å². The number of ketones is 1. The average molecular weight is 181 g/mol. The minimum absolute atomic E-state index is 0.409. The van der Waals surface area contributed by atoms with Gasteiger partial charge in [-0.05, 0) is 25.7 Å². The molecule has 1 N–H and O–H groups in total. The zero-order chi connectivity index (χ0) is 9.26. The van der Waals surface area contributed by atoms with Crippen molar-refractivity contribution >= 4 is 5.78 Å². The molecule has 0 radical (unpaired) electrons. The molecule has 1 saturated carbocycles. The zero-order valence-corrected chi connectivity index (χ0v) is 8.38. The van der Waals surface area contributed by atoms with E-state index >= 15 is 0 Å². The first kappa shape index (κ1) is 9.20. The first-order valence-electron chi connectivity index (χ1n) is 5.53. The molecule has 2 unspecified atom stereocenters. The maximum atomic E-state index is 11.4. The Kier molecular flexibility index (Phi) is 2.68. The Balaban J connectivity index is 1.94. The lowest BCUT2D eigenvalue weighted by Gasteiger charge is -2.32. The number of rotatable bonds is 1. The van der Waals surface area contributed by atoms with E-state index in [0.29, 0.717) is 17.9 Å². The molecule has 0 amide bonds. The van der Waals surface area contributed by atoms with Crippen LogP contribution in [0.2, 0.25) is 0 Å². The summed E-state index contributed by atoms with van der Waals surface area (Å²) in [6.07, 6.45) is 6.92. The van der Waals surface area contributed by atoms with Crippen LogP contribution in [0.1, 0.15) is 45.4 Å². The summed E-state index contributed by atoms with van der Waals surface area (Å²) >= 11 is 0. The van der Waals surface area contributed by atoms with Gasteiger partial charge in [-0.15, -0.1) is 0 Å². The van der Waals surface area contributed by atoms with Crippen LogP contribution in [0, 0.1) is 5.92 Å². The van der Waals surface area contributed by atoms with Gasteiger partial charge in [-0.1, -0.05) is 12.8 Å². The average Bonchev–Trinajstić information content (AvgIpc) is 2.53. The summed E-state index contributed by atoms with van der Waals surface area (Å²) in [6, 6.07) is 0.908. The molecule has 1 aliphatic carbocycles. The monoisotopic (exact) mass is 181 g/mol. The summed E-state index contributed by atoms with van der Waals surface area (Å²) in [6.45, 7) is 2.12. The number of carbonyl (C=O) groups is 1. The molecule has 2 atom stereocenters. The van der Waals surface area contributed by atoms with E-state index in [1.165, 1.54) is 25.7 Å². The maximum absolute atomic E-state index is 11.4. The van der Waals surface area contributed by atoms with Crippen molar-refractivity contribution in [3.8, 4) is 0 Å². The fraction of sp³-hybridized carbons (Fsp3) is 0.909. The number of piperidine rings is 1. The summed E-state index contributed by atoms with van der Waals surface area (Å²) in [5.74, 6) is 1.25. The van der Waals surface area contributed by atoms with Gasteiger partial charge < -0.3 is 5.32 Å². The Bertz CT molecular complexity index is 196. The van der Waals surface area contributed by atoms with Crippen molar-refractivity contribution in [2.45, 2.75) is 57.5 Å². The van der Waals surface area contributed by atoms with Crippen molar-refractivity contribution in [2.75, 3.05) is 0 Å². The van der Waals surface area contributed by atoms with Gasteiger partial charge >= 0.3 is 0 Å². The molecule has 0 aromatic carbocycles. The molecular weight excluding hydrogens is 162 g/mol. The third kappa shape index (κ3) is 2.11. The first-order chi connectivity index (χ1) is 6.25. The highest BCUT2D eigenvalue weighted by Gasteiger charge is 2.31. The smallest absolute Gasteiger partial charge is 0.136 e. The summed E-state index contributed by atoms with van der Waals surface area (Å²) in [4.78, 5) is 11.4. The third-order valence-corrected chi connectivity index (χ3v) is 3.45. The van der Waals surface area contributed by atoms with Gasteiger partial charge in [-0.25, -0.2) is 0 Å². The lowest BCUT2D eigenvalue weighted by molar-refractivity contribution is -0.121. The quantitative estimate of drug-likeness (QED) is 0.669. The van der Waals surface area contributed by atoms with E-state index in [2.05, 4.69) is 12.2 Å². The molecule has 0 bridgehead atoms. The lowest BCUT2D eigenvalue weighted by atomic mass is 9.88. The number of hydrogen-bond acceptors (Lipinski definition) is 2. The maximum Gasteiger partial charge on any atom is 0.136 e. The second kappa shape index (κ2) is 3.79.